The summed E-state index contributed by atoms with van der Waals surface area (Å²) in [6, 6.07) is 9.51. The second-order valence-corrected chi connectivity index (χ2v) is 9.01. The lowest BCUT2D eigenvalue weighted by atomic mass is 9.77. The molecule has 1 amide bonds. The van der Waals surface area contributed by atoms with Gasteiger partial charge < -0.3 is 19.4 Å². The zero-order valence-corrected chi connectivity index (χ0v) is 19.8. The third-order valence-corrected chi connectivity index (χ3v) is 5.95. The zero-order chi connectivity index (χ0) is 24.2. The molecular formula is C24H28BN5O4. The van der Waals surface area contributed by atoms with E-state index in [9.17, 15) is 4.79 Å². The average Bonchev–Trinajstić information content (AvgIpc) is 3.42. The van der Waals surface area contributed by atoms with E-state index in [-0.39, 0.29) is 13.2 Å². The number of amides is 1. The molecule has 9 nitrogen and oxygen atoms in total. The van der Waals surface area contributed by atoms with E-state index in [0.29, 0.717) is 11.4 Å². The molecule has 1 aromatic carbocycles. The first-order chi connectivity index (χ1) is 16.2. The Labute approximate surface area is 199 Å². The van der Waals surface area contributed by atoms with E-state index in [1.54, 1.807) is 35.7 Å². The lowest BCUT2D eigenvalue weighted by Crippen LogP contribution is -2.41. The number of imidazole rings is 1. The molecule has 0 radical (unpaired) electrons. The molecule has 1 aliphatic heterocycles. The van der Waals surface area contributed by atoms with E-state index in [0.717, 1.165) is 11.1 Å². The van der Waals surface area contributed by atoms with Gasteiger partial charge in [-0.1, -0.05) is 36.4 Å². The summed E-state index contributed by atoms with van der Waals surface area (Å²) in [5.74, 6) is 0.509. The Morgan fingerprint density at radius 2 is 1.79 bits per heavy atom. The second kappa shape index (κ2) is 9.78. The van der Waals surface area contributed by atoms with Crippen LogP contribution in [-0.2, 0) is 20.7 Å². The molecular weight excluding hydrogens is 433 g/mol. The van der Waals surface area contributed by atoms with E-state index in [1.165, 1.54) is 0 Å². The second-order valence-electron chi connectivity index (χ2n) is 9.01. The van der Waals surface area contributed by atoms with E-state index < -0.39 is 24.4 Å². The predicted octanol–water partition coefficient (Wildman–Crippen LogP) is 3.60. The summed E-state index contributed by atoms with van der Waals surface area (Å²) >= 11 is 0. The molecule has 34 heavy (non-hydrogen) atoms. The van der Waals surface area contributed by atoms with Crippen molar-refractivity contribution in [3.05, 3.63) is 78.0 Å². The SMILES string of the molecule is CC1(C)OB(C(=Cc2cnc(-n3ccnc3)nc2)CNC(=O)OCc2ccccc2)OC1(C)C. The predicted molar refractivity (Wildman–Crippen MR) is 128 cm³/mol. The van der Waals surface area contributed by atoms with Crippen LogP contribution in [0.25, 0.3) is 12.0 Å². The number of carbonyl (C=O) groups excluding carboxylic acids is 1. The average molecular weight is 461 g/mol. The zero-order valence-electron chi connectivity index (χ0n) is 19.8. The van der Waals surface area contributed by atoms with Crippen molar-refractivity contribution >= 4 is 19.3 Å². The molecule has 0 atom stereocenters. The number of rotatable bonds is 7. The van der Waals surface area contributed by atoms with Crippen LogP contribution in [0, 0.1) is 0 Å². The molecule has 3 aromatic rings. The Bertz CT molecular complexity index is 1120. The summed E-state index contributed by atoms with van der Waals surface area (Å²) in [7, 11) is -0.646. The van der Waals surface area contributed by atoms with Gasteiger partial charge >= 0.3 is 13.2 Å². The van der Waals surface area contributed by atoms with Crippen LogP contribution in [0.2, 0.25) is 0 Å². The molecule has 0 saturated carbocycles. The third kappa shape index (κ3) is 5.52. The maximum Gasteiger partial charge on any atom is 0.492 e. The van der Waals surface area contributed by atoms with Crippen LogP contribution in [0.5, 0.6) is 0 Å². The maximum absolute atomic E-state index is 12.3. The lowest BCUT2D eigenvalue weighted by molar-refractivity contribution is 0.00578. The van der Waals surface area contributed by atoms with Gasteiger partial charge in [0.1, 0.15) is 12.9 Å². The number of benzene rings is 1. The standard InChI is InChI=1S/C24H28BN5O4/c1-23(2)24(3,4)34-25(33-23)20(15-29-22(31)32-16-18-8-6-5-7-9-18)12-19-13-27-21(28-14-19)30-11-10-26-17-30/h5-14,17H,15-16H2,1-4H3,(H,29,31). The molecule has 4 rings (SSSR count). The minimum Gasteiger partial charge on any atom is -0.445 e. The maximum atomic E-state index is 12.3. The molecule has 2 aromatic heterocycles. The van der Waals surface area contributed by atoms with Gasteiger partial charge in [-0.25, -0.2) is 19.7 Å². The van der Waals surface area contributed by atoms with Crippen LogP contribution in [0.1, 0.15) is 38.8 Å². The van der Waals surface area contributed by atoms with Crippen LogP contribution in [-0.4, -0.2) is 50.5 Å². The van der Waals surface area contributed by atoms with Gasteiger partial charge in [0.25, 0.3) is 0 Å². The first-order valence-corrected chi connectivity index (χ1v) is 11.0. The molecule has 0 unspecified atom stereocenters. The highest BCUT2D eigenvalue weighted by molar-refractivity contribution is 6.56. The number of alkyl carbamates (subject to hydrolysis) is 1. The molecule has 3 heterocycles. The number of hydrogen-bond acceptors (Lipinski definition) is 7. The normalized spacial score (nSPS) is 16.9. The van der Waals surface area contributed by atoms with E-state index in [4.69, 9.17) is 14.0 Å². The van der Waals surface area contributed by atoms with Crippen molar-refractivity contribution in [1.82, 2.24) is 24.8 Å². The van der Waals surface area contributed by atoms with Crippen molar-refractivity contribution in [2.75, 3.05) is 6.54 Å². The van der Waals surface area contributed by atoms with Crippen LogP contribution < -0.4 is 5.32 Å². The largest absolute Gasteiger partial charge is 0.492 e. The number of nitrogens with one attached hydrogen (secondary N) is 1. The van der Waals surface area contributed by atoms with Gasteiger partial charge in [-0.05, 0) is 38.7 Å². The molecule has 1 aliphatic rings. The molecule has 0 aliphatic carbocycles. The van der Waals surface area contributed by atoms with Gasteiger partial charge in [0.2, 0.25) is 5.95 Å². The summed E-state index contributed by atoms with van der Waals surface area (Å²) in [5, 5.41) is 2.80. The molecule has 1 N–H and O–H groups in total. The summed E-state index contributed by atoms with van der Waals surface area (Å²) < 4.78 is 19.5. The Kier molecular flexibility index (Phi) is 6.81. The fourth-order valence-electron chi connectivity index (χ4n) is 3.28. The molecule has 0 bridgehead atoms. The highest BCUT2D eigenvalue weighted by Crippen LogP contribution is 2.38. The Balaban J connectivity index is 1.48. The first kappa shape index (κ1) is 23.7. The van der Waals surface area contributed by atoms with E-state index in [1.807, 2.05) is 64.1 Å². The monoisotopic (exact) mass is 461 g/mol. The van der Waals surface area contributed by atoms with Crippen LogP contribution in [0.15, 0.2) is 66.9 Å². The summed E-state index contributed by atoms with van der Waals surface area (Å²) in [5.41, 5.74) is 1.33. The molecule has 176 valence electrons. The minimum atomic E-state index is -0.646. The van der Waals surface area contributed by atoms with Crippen LogP contribution >= 0.6 is 0 Å². The molecule has 0 spiro atoms. The van der Waals surface area contributed by atoms with Crippen molar-refractivity contribution in [2.24, 2.45) is 0 Å². The Morgan fingerprint density at radius 1 is 1.12 bits per heavy atom. The highest BCUT2D eigenvalue weighted by atomic mass is 16.7. The number of ether oxygens (including phenoxy) is 1. The minimum absolute atomic E-state index is 0.174. The van der Waals surface area contributed by atoms with E-state index >= 15 is 0 Å². The van der Waals surface area contributed by atoms with Crippen molar-refractivity contribution in [3.8, 4) is 5.95 Å². The van der Waals surface area contributed by atoms with Gasteiger partial charge in [-0.3, -0.25) is 4.57 Å². The summed E-state index contributed by atoms with van der Waals surface area (Å²) in [4.78, 5) is 25.1. The van der Waals surface area contributed by atoms with Gasteiger partial charge in [-0.2, -0.15) is 0 Å². The number of carbonyl (C=O) groups is 1. The Morgan fingerprint density at radius 3 is 2.41 bits per heavy atom. The van der Waals surface area contributed by atoms with E-state index in [2.05, 4.69) is 20.3 Å². The number of aromatic nitrogens is 4. The molecule has 10 heteroatoms. The number of hydrogen-bond donors (Lipinski definition) is 1. The lowest BCUT2D eigenvalue weighted by Gasteiger charge is -2.32. The summed E-state index contributed by atoms with van der Waals surface area (Å²) in [6.45, 7) is 8.29. The third-order valence-electron chi connectivity index (χ3n) is 5.95. The fourth-order valence-corrected chi connectivity index (χ4v) is 3.28. The van der Waals surface area contributed by atoms with Crippen molar-refractivity contribution in [1.29, 1.82) is 0 Å². The van der Waals surface area contributed by atoms with Crippen molar-refractivity contribution < 1.29 is 18.8 Å². The topological polar surface area (TPSA) is 100 Å². The number of nitrogens with zero attached hydrogens (tertiary/aromatic N) is 4. The van der Waals surface area contributed by atoms with Crippen molar-refractivity contribution in [3.63, 3.8) is 0 Å². The van der Waals surface area contributed by atoms with Gasteiger partial charge in [0, 0.05) is 36.9 Å². The quantitative estimate of drug-likeness (QED) is 0.537. The smallest absolute Gasteiger partial charge is 0.445 e. The van der Waals surface area contributed by atoms with Crippen LogP contribution in [0.3, 0.4) is 0 Å². The summed E-state index contributed by atoms with van der Waals surface area (Å²) in [6.07, 6.45) is 9.78. The van der Waals surface area contributed by atoms with Gasteiger partial charge in [-0.15, -0.1) is 0 Å². The van der Waals surface area contributed by atoms with Gasteiger partial charge in [0.05, 0.1) is 11.2 Å². The fraction of sp³-hybridized carbons (Fsp3) is 0.333. The van der Waals surface area contributed by atoms with Crippen molar-refractivity contribution in [2.45, 2.75) is 45.5 Å². The van der Waals surface area contributed by atoms with Crippen LogP contribution in [0.4, 0.5) is 4.79 Å². The molecule has 1 fully saturated rings. The highest BCUT2D eigenvalue weighted by Gasteiger charge is 2.52. The Hall–Kier alpha value is -3.50. The molecule has 1 saturated heterocycles. The first-order valence-electron chi connectivity index (χ1n) is 11.0. The van der Waals surface area contributed by atoms with Gasteiger partial charge in [0.15, 0.2) is 0 Å².